The molecule has 0 saturated heterocycles. The molecule has 1 aromatic heterocycles. The lowest BCUT2D eigenvalue weighted by molar-refractivity contribution is -0.0361. The van der Waals surface area contributed by atoms with E-state index in [4.69, 9.17) is 10.5 Å². The standard InChI is InChI=1S/C12H21NOS/c1-8(2)10(4)14-12(9(3)13)11-5-6-15-7-11/h5-10,12H,13H2,1-4H3. The van der Waals surface area contributed by atoms with Gasteiger partial charge in [-0.05, 0) is 42.2 Å². The molecular formula is C12H21NOS. The summed E-state index contributed by atoms with van der Waals surface area (Å²) in [5, 5.41) is 4.18. The van der Waals surface area contributed by atoms with Gasteiger partial charge in [0.1, 0.15) is 0 Å². The van der Waals surface area contributed by atoms with Crippen molar-refractivity contribution >= 4 is 11.3 Å². The Morgan fingerprint density at radius 1 is 1.27 bits per heavy atom. The van der Waals surface area contributed by atoms with E-state index >= 15 is 0 Å². The quantitative estimate of drug-likeness (QED) is 0.838. The monoisotopic (exact) mass is 227 g/mol. The molecule has 2 nitrogen and oxygen atoms in total. The number of ether oxygens (including phenoxy) is 1. The first kappa shape index (κ1) is 12.7. The van der Waals surface area contributed by atoms with Gasteiger partial charge in [-0.1, -0.05) is 13.8 Å². The van der Waals surface area contributed by atoms with Crippen LogP contribution in [0, 0.1) is 5.92 Å². The second-order valence-electron chi connectivity index (χ2n) is 4.42. The average molecular weight is 227 g/mol. The van der Waals surface area contributed by atoms with Crippen LogP contribution in [-0.2, 0) is 4.74 Å². The number of thiophene rings is 1. The van der Waals surface area contributed by atoms with Crippen molar-refractivity contribution in [2.45, 2.75) is 45.9 Å². The van der Waals surface area contributed by atoms with E-state index in [1.54, 1.807) is 11.3 Å². The van der Waals surface area contributed by atoms with Crippen molar-refractivity contribution in [2.24, 2.45) is 11.7 Å². The molecule has 0 aliphatic carbocycles. The molecule has 0 spiro atoms. The number of nitrogens with two attached hydrogens (primary N) is 1. The first-order valence-electron chi connectivity index (χ1n) is 5.45. The van der Waals surface area contributed by atoms with Crippen LogP contribution in [0.3, 0.4) is 0 Å². The third kappa shape index (κ3) is 3.59. The van der Waals surface area contributed by atoms with E-state index in [1.807, 2.05) is 6.92 Å². The van der Waals surface area contributed by atoms with Gasteiger partial charge in [-0.15, -0.1) is 0 Å². The predicted octanol–water partition coefficient (Wildman–Crippen LogP) is 3.20. The SMILES string of the molecule is CC(C)C(C)OC(c1ccsc1)C(C)N. The minimum Gasteiger partial charge on any atom is -0.369 e. The van der Waals surface area contributed by atoms with Crippen molar-refractivity contribution in [3.8, 4) is 0 Å². The average Bonchev–Trinajstić information content (AvgIpc) is 2.65. The molecular weight excluding hydrogens is 206 g/mol. The molecule has 86 valence electrons. The molecule has 0 saturated carbocycles. The molecule has 1 aromatic rings. The van der Waals surface area contributed by atoms with Gasteiger partial charge in [-0.2, -0.15) is 11.3 Å². The Balaban J connectivity index is 2.68. The highest BCUT2D eigenvalue weighted by atomic mass is 32.1. The van der Waals surface area contributed by atoms with E-state index in [2.05, 4.69) is 37.6 Å². The second-order valence-corrected chi connectivity index (χ2v) is 5.20. The lowest BCUT2D eigenvalue weighted by Crippen LogP contribution is -2.30. The molecule has 3 atom stereocenters. The van der Waals surface area contributed by atoms with Crippen molar-refractivity contribution in [3.63, 3.8) is 0 Å². The fourth-order valence-corrected chi connectivity index (χ4v) is 2.02. The minimum absolute atomic E-state index is 0.0219. The summed E-state index contributed by atoms with van der Waals surface area (Å²) in [5.74, 6) is 0.518. The maximum absolute atomic E-state index is 6.00. The van der Waals surface area contributed by atoms with Crippen LogP contribution >= 0.6 is 11.3 Å². The highest BCUT2D eigenvalue weighted by molar-refractivity contribution is 7.07. The smallest absolute Gasteiger partial charge is 0.0984 e. The molecule has 1 rings (SSSR count). The van der Waals surface area contributed by atoms with Crippen LogP contribution in [0.1, 0.15) is 39.4 Å². The first-order chi connectivity index (χ1) is 7.02. The summed E-state index contributed by atoms with van der Waals surface area (Å²) in [5.41, 5.74) is 7.15. The largest absolute Gasteiger partial charge is 0.369 e. The van der Waals surface area contributed by atoms with Crippen molar-refractivity contribution < 1.29 is 4.74 Å². The molecule has 1 heterocycles. The Morgan fingerprint density at radius 2 is 1.93 bits per heavy atom. The molecule has 15 heavy (non-hydrogen) atoms. The molecule has 3 heteroatoms. The topological polar surface area (TPSA) is 35.2 Å². The Hall–Kier alpha value is -0.380. The second kappa shape index (κ2) is 5.64. The molecule has 0 aliphatic rings. The van der Waals surface area contributed by atoms with E-state index in [9.17, 15) is 0 Å². The van der Waals surface area contributed by atoms with Crippen molar-refractivity contribution in [2.75, 3.05) is 0 Å². The van der Waals surface area contributed by atoms with Gasteiger partial charge >= 0.3 is 0 Å². The van der Waals surface area contributed by atoms with Gasteiger partial charge < -0.3 is 10.5 Å². The zero-order valence-electron chi connectivity index (χ0n) is 9.94. The lowest BCUT2D eigenvalue weighted by atomic mass is 10.1. The van der Waals surface area contributed by atoms with E-state index in [-0.39, 0.29) is 18.2 Å². The minimum atomic E-state index is 0.0219. The van der Waals surface area contributed by atoms with Gasteiger partial charge in [0.15, 0.2) is 0 Å². The Bertz CT molecular complexity index is 269. The third-order valence-corrected chi connectivity index (χ3v) is 3.35. The van der Waals surface area contributed by atoms with Gasteiger partial charge in [-0.25, -0.2) is 0 Å². The molecule has 2 N–H and O–H groups in total. The van der Waals surface area contributed by atoms with E-state index in [0.717, 1.165) is 0 Å². The van der Waals surface area contributed by atoms with Gasteiger partial charge in [0.2, 0.25) is 0 Å². The summed E-state index contributed by atoms with van der Waals surface area (Å²) < 4.78 is 6.00. The van der Waals surface area contributed by atoms with Crippen molar-refractivity contribution in [3.05, 3.63) is 22.4 Å². The van der Waals surface area contributed by atoms with E-state index in [1.165, 1.54) is 5.56 Å². The first-order valence-corrected chi connectivity index (χ1v) is 6.39. The molecule has 0 radical (unpaired) electrons. The fourth-order valence-electron chi connectivity index (χ4n) is 1.33. The van der Waals surface area contributed by atoms with Crippen LogP contribution in [0.2, 0.25) is 0 Å². The molecule has 0 fully saturated rings. The molecule has 0 amide bonds. The zero-order chi connectivity index (χ0) is 11.4. The highest BCUT2D eigenvalue weighted by Gasteiger charge is 2.21. The van der Waals surface area contributed by atoms with Crippen molar-refractivity contribution in [1.82, 2.24) is 0 Å². The summed E-state index contributed by atoms with van der Waals surface area (Å²) in [6.07, 6.45) is 0.259. The van der Waals surface area contributed by atoms with Gasteiger partial charge in [0.05, 0.1) is 12.2 Å². The van der Waals surface area contributed by atoms with Crippen LogP contribution in [0.25, 0.3) is 0 Å². The summed E-state index contributed by atoms with van der Waals surface area (Å²) in [6.45, 7) is 8.43. The molecule has 0 bridgehead atoms. The molecule has 3 unspecified atom stereocenters. The number of hydrogen-bond acceptors (Lipinski definition) is 3. The Labute approximate surface area is 96.4 Å². The Morgan fingerprint density at radius 3 is 2.33 bits per heavy atom. The van der Waals surface area contributed by atoms with Crippen LogP contribution < -0.4 is 5.73 Å². The summed E-state index contributed by atoms with van der Waals surface area (Å²) in [6, 6.07) is 2.12. The highest BCUT2D eigenvalue weighted by Crippen LogP contribution is 2.25. The van der Waals surface area contributed by atoms with Crippen LogP contribution in [-0.4, -0.2) is 12.1 Å². The van der Waals surface area contributed by atoms with E-state index < -0.39 is 0 Å². The summed E-state index contributed by atoms with van der Waals surface area (Å²) in [4.78, 5) is 0. The Kier molecular flexibility index (Phi) is 4.77. The normalized spacial score (nSPS) is 17.7. The third-order valence-electron chi connectivity index (χ3n) is 2.65. The zero-order valence-corrected chi connectivity index (χ0v) is 10.8. The van der Waals surface area contributed by atoms with Gasteiger partial charge in [0, 0.05) is 6.04 Å². The number of rotatable bonds is 5. The maximum atomic E-state index is 6.00. The van der Waals surface area contributed by atoms with Crippen LogP contribution in [0.4, 0.5) is 0 Å². The van der Waals surface area contributed by atoms with Gasteiger partial charge in [-0.3, -0.25) is 0 Å². The molecule has 0 aliphatic heterocycles. The summed E-state index contributed by atoms with van der Waals surface area (Å²) >= 11 is 1.69. The van der Waals surface area contributed by atoms with Gasteiger partial charge in [0.25, 0.3) is 0 Å². The predicted molar refractivity (Wildman–Crippen MR) is 66.1 cm³/mol. The van der Waals surface area contributed by atoms with Crippen LogP contribution in [0.15, 0.2) is 16.8 Å². The number of hydrogen-bond donors (Lipinski definition) is 1. The van der Waals surface area contributed by atoms with Crippen molar-refractivity contribution in [1.29, 1.82) is 0 Å². The van der Waals surface area contributed by atoms with E-state index in [0.29, 0.717) is 5.92 Å². The van der Waals surface area contributed by atoms with Crippen LogP contribution in [0.5, 0.6) is 0 Å². The summed E-state index contributed by atoms with van der Waals surface area (Å²) in [7, 11) is 0. The fraction of sp³-hybridized carbons (Fsp3) is 0.667. The lowest BCUT2D eigenvalue weighted by Gasteiger charge is -2.27. The molecule has 0 aromatic carbocycles. The maximum Gasteiger partial charge on any atom is 0.0984 e.